The first-order valence-electron chi connectivity index (χ1n) is 16.4. The monoisotopic (exact) mass is 732 g/mol. The van der Waals surface area contributed by atoms with Gasteiger partial charge in [-0.05, 0) is 72.4 Å². The van der Waals surface area contributed by atoms with Gasteiger partial charge in [-0.3, -0.25) is 9.59 Å². The van der Waals surface area contributed by atoms with E-state index in [1.165, 1.54) is 0 Å². The number of rotatable bonds is 15. The molecule has 11 nitrogen and oxygen atoms in total. The van der Waals surface area contributed by atoms with Crippen LogP contribution in [0.1, 0.15) is 42.6 Å². The summed E-state index contributed by atoms with van der Waals surface area (Å²) in [4.78, 5) is 38.0. The Morgan fingerprint density at radius 1 is 0.865 bits per heavy atom. The van der Waals surface area contributed by atoms with Crippen molar-refractivity contribution in [1.29, 1.82) is 0 Å². The minimum Gasteiger partial charge on any atom is -0.454 e. The quantitative estimate of drug-likeness (QED) is 0.0803. The van der Waals surface area contributed by atoms with Crippen molar-refractivity contribution in [3.8, 4) is 6.01 Å². The average Bonchev–Trinajstić information content (AvgIpc) is 3.90. The molecular formula is C37H36ClF3N8O3. The highest BCUT2D eigenvalue weighted by atomic mass is 35.5. The normalized spacial score (nSPS) is 15.0. The molecule has 1 heterocycles. The molecule has 0 unspecified atom stereocenters. The fourth-order valence-electron chi connectivity index (χ4n) is 5.36. The summed E-state index contributed by atoms with van der Waals surface area (Å²) in [6.45, 7) is 6.91. The number of anilines is 4. The summed E-state index contributed by atoms with van der Waals surface area (Å²) in [6, 6.07) is 22.6. The van der Waals surface area contributed by atoms with Gasteiger partial charge in [0.25, 0.3) is 5.91 Å². The van der Waals surface area contributed by atoms with E-state index >= 15 is 0 Å². The summed E-state index contributed by atoms with van der Waals surface area (Å²) < 4.78 is 43.7. The highest BCUT2D eigenvalue weighted by molar-refractivity contribution is 6.30. The zero-order valence-electron chi connectivity index (χ0n) is 28.3. The molecule has 0 spiro atoms. The molecule has 3 aromatic carbocycles. The Morgan fingerprint density at radius 2 is 1.52 bits per heavy atom. The maximum atomic E-state index is 13.0. The topological polar surface area (TPSA) is 142 Å². The van der Waals surface area contributed by atoms with Gasteiger partial charge in [0.1, 0.15) is 5.70 Å². The maximum absolute atomic E-state index is 13.0. The number of allylic oxidation sites excluding steroid dienone is 2. The van der Waals surface area contributed by atoms with Crippen LogP contribution in [0.5, 0.6) is 6.01 Å². The van der Waals surface area contributed by atoms with Gasteiger partial charge >= 0.3 is 12.2 Å². The molecule has 1 fully saturated rings. The lowest BCUT2D eigenvalue weighted by molar-refractivity contribution is -0.154. The number of hydrogen-bond donors (Lipinski definition) is 5. The first-order chi connectivity index (χ1) is 24.7. The van der Waals surface area contributed by atoms with Crippen LogP contribution in [-0.4, -0.2) is 52.5 Å². The Balaban J connectivity index is 1.07. The van der Waals surface area contributed by atoms with Crippen molar-refractivity contribution in [3.05, 3.63) is 119 Å². The Labute approximate surface area is 303 Å². The van der Waals surface area contributed by atoms with Crippen LogP contribution in [-0.2, 0) is 10.3 Å². The Kier molecular flexibility index (Phi) is 10.1. The molecule has 1 amide bonds. The number of halogens is 4. The van der Waals surface area contributed by atoms with Crippen molar-refractivity contribution in [2.24, 2.45) is 5.41 Å². The van der Waals surface area contributed by atoms with E-state index in [0.717, 1.165) is 24.1 Å². The number of ether oxygens (including phenoxy) is 1. The first-order valence-corrected chi connectivity index (χ1v) is 16.8. The molecule has 52 heavy (non-hydrogen) atoms. The molecule has 15 heteroatoms. The second kappa shape index (κ2) is 14.5. The number of alkyl halides is 3. The van der Waals surface area contributed by atoms with Gasteiger partial charge in [-0.25, -0.2) is 0 Å². The third-order valence-corrected chi connectivity index (χ3v) is 8.70. The Bertz CT molecular complexity index is 2000. The summed E-state index contributed by atoms with van der Waals surface area (Å²) in [5.41, 5.74) is 3.18. The number of carbonyl (C=O) groups excluding carboxylic acids is 2. The van der Waals surface area contributed by atoms with Crippen molar-refractivity contribution < 1.29 is 27.5 Å². The zero-order valence-corrected chi connectivity index (χ0v) is 29.1. The van der Waals surface area contributed by atoms with Crippen LogP contribution in [0.2, 0.25) is 5.02 Å². The predicted molar refractivity (Wildman–Crippen MR) is 192 cm³/mol. The summed E-state index contributed by atoms with van der Waals surface area (Å²) in [6.07, 6.45) is -3.09. The fraction of sp³-hybridized carbons (Fsp3) is 0.270. The number of nitrogens with one attached hydrogen (secondary N) is 5. The maximum Gasteiger partial charge on any atom is 0.422 e. The van der Waals surface area contributed by atoms with Crippen molar-refractivity contribution >= 4 is 46.6 Å². The molecule has 2 aliphatic carbocycles. The van der Waals surface area contributed by atoms with Gasteiger partial charge in [0.15, 0.2) is 6.61 Å². The highest BCUT2D eigenvalue weighted by Crippen LogP contribution is 2.48. The van der Waals surface area contributed by atoms with E-state index in [9.17, 15) is 22.8 Å². The van der Waals surface area contributed by atoms with E-state index in [-0.39, 0.29) is 23.6 Å². The molecule has 0 atom stereocenters. The Hall–Kier alpha value is -5.63. The third kappa shape index (κ3) is 8.99. The van der Waals surface area contributed by atoms with E-state index in [1.54, 1.807) is 36.4 Å². The minimum atomic E-state index is -4.59. The SMILES string of the molecule is C=C1C(=O)C(NCC(C)(C)CNC(=O)c2ccc(Nc3nc(NC4(c5ccc(Cl)cc5)CC4)nc(OCC(F)(F)F)n3)cc2)=C1Nc1ccccc1. The smallest absolute Gasteiger partial charge is 0.422 e. The Morgan fingerprint density at radius 3 is 2.17 bits per heavy atom. The lowest BCUT2D eigenvalue weighted by Gasteiger charge is -2.31. The van der Waals surface area contributed by atoms with Crippen LogP contribution in [0.25, 0.3) is 0 Å². The van der Waals surface area contributed by atoms with Gasteiger partial charge in [-0.2, -0.15) is 28.1 Å². The summed E-state index contributed by atoms with van der Waals surface area (Å²) in [5, 5.41) is 16.1. The average molecular weight is 733 g/mol. The molecule has 2 aliphatic rings. The lowest BCUT2D eigenvalue weighted by atomic mass is 9.89. The van der Waals surface area contributed by atoms with E-state index in [4.69, 9.17) is 16.3 Å². The number of aromatic nitrogens is 3. The molecule has 0 bridgehead atoms. The summed E-state index contributed by atoms with van der Waals surface area (Å²) in [7, 11) is 0. The third-order valence-electron chi connectivity index (χ3n) is 8.45. The number of benzene rings is 3. The van der Waals surface area contributed by atoms with E-state index < -0.39 is 29.7 Å². The van der Waals surface area contributed by atoms with Gasteiger partial charge < -0.3 is 31.3 Å². The molecular weight excluding hydrogens is 697 g/mol. The number of nitrogens with zero attached hydrogens (tertiary/aromatic N) is 3. The molecule has 270 valence electrons. The number of amides is 1. The first kappa shape index (κ1) is 36.2. The lowest BCUT2D eigenvalue weighted by Crippen LogP contribution is -2.43. The summed E-state index contributed by atoms with van der Waals surface area (Å²) >= 11 is 6.04. The van der Waals surface area contributed by atoms with Crippen LogP contribution in [0.15, 0.2) is 102 Å². The standard InChI is InChI=1S/C37H36ClF3N8O3/c1-22-28(44-26-7-5-4-6-8-26)29(30(22)50)42-19-35(2,3)20-43-31(51)23-9-15-27(16-10-23)45-32-46-33(48-34(47-32)52-21-37(39,40)41)49-36(17-18-36)24-11-13-25(38)14-12-24/h4-16,42,44H,1,17-21H2,2-3H3,(H,43,51)(H2,45,46,47,48,49). The largest absolute Gasteiger partial charge is 0.454 e. The number of carbonyl (C=O) groups is 2. The zero-order chi connectivity index (χ0) is 37.1. The minimum absolute atomic E-state index is 0.0294. The molecule has 0 radical (unpaired) electrons. The van der Waals surface area contributed by atoms with Crippen LogP contribution < -0.4 is 31.3 Å². The van der Waals surface area contributed by atoms with E-state index in [1.807, 2.05) is 56.3 Å². The van der Waals surface area contributed by atoms with Crippen molar-refractivity contribution in [2.45, 2.75) is 38.4 Å². The number of Topliss-reactive ketones (excluding diaryl/α,β-unsaturated/α-hetero) is 1. The van der Waals surface area contributed by atoms with Crippen LogP contribution in [0, 0.1) is 5.41 Å². The van der Waals surface area contributed by atoms with Crippen molar-refractivity contribution in [2.75, 3.05) is 35.6 Å². The van der Waals surface area contributed by atoms with Crippen molar-refractivity contribution in [1.82, 2.24) is 25.6 Å². The molecule has 0 saturated heterocycles. The fourth-order valence-corrected chi connectivity index (χ4v) is 5.48. The van der Waals surface area contributed by atoms with E-state index in [2.05, 4.69) is 48.1 Å². The van der Waals surface area contributed by atoms with Crippen LogP contribution >= 0.6 is 11.6 Å². The second-order valence-corrected chi connectivity index (χ2v) is 13.8. The van der Waals surface area contributed by atoms with Crippen LogP contribution in [0.4, 0.5) is 36.4 Å². The van der Waals surface area contributed by atoms with Gasteiger partial charge in [0, 0.05) is 40.6 Å². The van der Waals surface area contributed by atoms with Crippen molar-refractivity contribution in [3.63, 3.8) is 0 Å². The van der Waals surface area contributed by atoms with Crippen LogP contribution in [0.3, 0.4) is 0 Å². The molecule has 1 saturated carbocycles. The summed E-state index contributed by atoms with van der Waals surface area (Å²) in [5.74, 6) is -0.503. The van der Waals surface area contributed by atoms with Gasteiger partial charge in [0.2, 0.25) is 17.7 Å². The number of hydrogen-bond acceptors (Lipinski definition) is 10. The molecule has 0 aliphatic heterocycles. The number of para-hydroxylation sites is 1. The van der Waals surface area contributed by atoms with Gasteiger partial charge in [-0.15, -0.1) is 0 Å². The highest BCUT2D eigenvalue weighted by Gasteiger charge is 2.45. The molecule has 6 rings (SSSR count). The molecule has 5 N–H and O–H groups in total. The molecule has 1 aromatic heterocycles. The van der Waals surface area contributed by atoms with E-state index in [0.29, 0.717) is 46.3 Å². The molecule has 4 aromatic rings. The van der Waals surface area contributed by atoms with Gasteiger partial charge in [0.05, 0.1) is 11.2 Å². The van der Waals surface area contributed by atoms with Gasteiger partial charge in [-0.1, -0.05) is 62.4 Å². The predicted octanol–water partition coefficient (Wildman–Crippen LogP) is 7.12. The second-order valence-electron chi connectivity index (χ2n) is 13.3. The number of ketones is 1.